The first-order valence-electron chi connectivity index (χ1n) is 3.84. The van der Waals surface area contributed by atoms with E-state index in [2.05, 4.69) is 0 Å². The Morgan fingerprint density at radius 3 is 2.45 bits per heavy atom. The number of aliphatic hydroxyl groups excluding tert-OH is 3. The van der Waals surface area contributed by atoms with E-state index in [-0.39, 0.29) is 19.3 Å². The molecule has 1 fully saturated rings. The summed E-state index contributed by atoms with van der Waals surface area (Å²) in [5, 5.41) is 26.7. The molecule has 0 aliphatic heterocycles. The van der Waals surface area contributed by atoms with Crippen LogP contribution in [-0.2, 0) is 4.74 Å². The maximum absolute atomic E-state index is 9.23. The van der Waals surface area contributed by atoms with Gasteiger partial charge in [-0.15, -0.1) is 0 Å². The van der Waals surface area contributed by atoms with Crippen molar-refractivity contribution in [3.8, 4) is 0 Å². The molecule has 0 saturated heterocycles. The fourth-order valence-electron chi connectivity index (χ4n) is 1.31. The summed E-state index contributed by atoms with van der Waals surface area (Å²) in [6, 6.07) is 0. The van der Waals surface area contributed by atoms with Gasteiger partial charge in [0, 0.05) is 0 Å². The average Bonchev–Trinajstić information content (AvgIpc) is 2.31. The topological polar surface area (TPSA) is 69.9 Å². The molecule has 3 atom stereocenters. The van der Waals surface area contributed by atoms with Gasteiger partial charge < -0.3 is 20.1 Å². The molecule has 1 aliphatic rings. The van der Waals surface area contributed by atoms with Crippen LogP contribution in [0.3, 0.4) is 0 Å². The molecular weight excluding hydrogens is 148 g/mol. The van der Waals surface area contributed by atoms with Gasteiger partial charge in [-0.25, -0.2) is 0 Å². The summed E-state index contributed by atoms with van der Waals surface area (Å²) in [6.45, 7) is 0.188. The Kier molecular flexibility index (Phi) is 3.26. The van der Waals surface area contributed by atoms with E-state index in [0.717, 1.165) is 0 Å². The van der Waals surface area contributed by atoms with Crippen molar-refractivity contribution in [1.29, 1.82) is 0 Å². The van der Waals surface area contributed by atoms with Crippen LogP contribution in [0.2, 0.25) is 0 Å². The van der Waals surface area contributed by atoms with E-state index in [1.165, 1.54) is 0 Å². The molecule has 0 spiro atoms. The van der Waals surface area contributed by atoms with Gasteiger partial charge in [-0.1, -0.05) is 0 Å². The highest BCUT2D eigenvalue weighted by molar-refractivity contribution is 4.84. The molecule has 0 aromatic carbocycles. The van der Waals surface area contributed by atoms with Crippen LogP contribution in [0.25, 0.3) is 0 Å². The minimum absolute atomic E-state index is 0.0423. The summed E-state index contributed by atoms with van der Waals surface area (Å²) in [4.78, 5) is 0. The first-order valence-corrected chi connectivity index (χ1v) is 3.84. The zero-order valence-electron chi connectivity index (χ0n) is 6.31. The third-order valence-electron chi connectivity index (χ3n) is 1.95. The molecule has 0 bridgehead atoms. The predicted octanol–water partition coefficient (Wildman–Crippen LogP) is -1.12. The lowest BCUT2D eigenvalue weighted by atomic mass is 10.2. The molecule has 11 heavy (non-hydrogen) atoms. The Labute approximate surface area is 65.4 Å². The second-order valence-electron chi connectivity index (χ2n) is 2.77. The van der Waals surface area contributed by atoms with Crippen LogP contribution in [0.5, 0.6) is 0 Å². The van der Waals surface area contributed by atoms with Crippen molar-refractivity contribution in [2.75, 3.05) is 13.2 Å². The van der Waals surface area contributed by atoms with E-state index in [1.807, 2.05) is 0 Å². The largest absolute Gasteiger partial charge is 0.394 e. The molecule has 4 nitrogen and oxygen atoms in total. The third-order valence-corrected chi connectivity index (χ3v) is 1.95. The molecule has 4 heteroatoms. The maximum Gasteiger partial charge on any atom is 0.106 e. The fourth-order valence-corrected chi connectivity index (χ4v) is 1.31. The summed E-state index contributed by atoms with van der Waals surface area (Å²) in [5.41, 5.74) is 0. The van der Waals surface area contributed by atoms with E-state index in [1.54, 1.807) is 0 Å². The van der Waals surface area contributed by atoms with Gasteiger partial charge in [-0.2, -0.15) is 0 Å². The number of hydrogen-bond donors (Lipinski definition) is 3. The number of ether oxygens (including phenoxy) is 1. The lowest BCUT2D eigenvalue weighted by Gasteiger charge is -2.16. The SMILES string of the molecule is OCCOC1CCC(O)C1O. The van der Waals surface area contributed by atoms with Crippen LogP contribution in [0.15, 0.2) is 0 Å². The molecule has 3 unspecified atom stereocenters. The molecule has 0 radical (unpaired) electrons. The van der Waals surface area contributed by atoms with E-state index in [4.69, 9.17) is 14.9 Å². The fraction of sp³-hybridized carbons (Fsp3) is 1.00. The highest BCUT2D eigenvalue weighted by Crippen LogP contribution is 2.22. The molecule has 0 aromatic rings. The highest BCUT2D eigenvalue weighted by Gasteiger charge is 2.33. The summed E-state index contributed by atoms with van der Waals surface area (Å²) in [7, 11) is 0. The van der Waals surface area contributed by atoms with Gasteiger partial charge >= 0.3 is 0 Å². The van der Waals surface area contributed by atoms with Crippen molar-refractivity contribution >= 4 is 0 Å². The van der Waals surface area contributed by atoms with Gasteiger partial charge in [0.1, 0.15) is 6.10 Å². The Bertz CT molecular complexity index is 117. The van der Waals surface area contributed by atoms with Crippen LogP contribution in [-0.4, -0.2) is 46.8 Å². The van der Waals surface area contributed by atoms with Crippen molar-refractivity contribution in [2.45, 2.75) is 31.2 Å². The van der Waals surface area contributed by atoms with E-state index in [9.17, 15) is 5.11 Å². The first kappa shape index (κ1) is 8.93. The van der Waals surface area contributed by atoms with Gasteiger partial charge in [0.25, 0.3) is 0 Å². The van der Waals surface area contributed by atoms with Gasteiger partial charge in [-0.05, 0) is 12.8 Å². The molecule has 1 saturated carbocycles. The first-order chi connectivity index (χ1) is 5.25. The lowest BCUT2D eigenvalue weighted by molar-refractivity contribution is -0.0608. The zero-order valence-corrected chi connectivity index (χ0v) is 6.31. The van der Waals surface area contributed by atoms with E-state index >= 15 is 0 Å². The Morgan fingerprint density at radius 1 is 1.27 bits per heavy atom. The standard InChI is InChI=1S/C7H14O4/c8-3-4-11-6-2-1-5(9)7(6)10/h5-10H,1-4H2. The van der Waals surface area contributed by atoms with Crippen LogP contribution in [0, 0.1) is 0 Å². The molecule has 3 N–H and O–H groups in total. The highest BCUT2D eigenvalue weighted by atomic mass is 16.5. The number of aliphatic hydroxyl groups is 3. The monoisotopic (exact) mass is 162 g/mol. The predicted molar refractivity (Wildman–Crippen MR) is 38.1 cm³/mol. The molecular formula is C7H14O4. The molecule has 0 amide bonds. The molecule has 66 valence electrons. The van der Waals surface area contributed by atoms with Gasteiger partial charge in [0.15, 0.2) is 0 Å². The Balaban J connectivity index is 2.24. The Hall–Kier alpha value is -0.160. The summed E-state index contributed by atoms with van der Waals surface area (Å²) < 4.78 is 5.07. The summed E-state index contributed by atoms with van der Waals surface area (Å²) in [5.74, 6) is 0. The minimum Gasteiger partial charge on any atom is -0.394 e. The van der Waals surface area contributed by atoms with Crippen LogP contribution >= 0.6 is 0 Å². The van der Waals surface area contributed by atoms with Gasteiger partial charge in [-0.3, -0.25) is 0 Å². The van der Waals surface area contributed by atoms with Crippen molar-refractivity contribution < 1.29 is 20.1 Å². The molecule has 1 rings (SSSR count). The van der Waals surface area contributed by atoms with Crippen molar-refractivity contribution in [1.82, 2.24) is 0 Å². The average molecular weight is 162 g/mol. The van der Waals surface area contributed by atoms with Crippen molar-refractivity contribution in [3.05, 3.63) is 0 Å². The van der Waals surface area contributed by atoms with Crippen LogP contribution in [0.1, 0.15) is 12.8 Å². The van der Waals surface area contributed by atoms with Gasteiger partial charge in [0.2, 0.25) is 0 Å². The lowest BCUT2D eigenvalue weighted by Crippen LogP contribution is -2.31. The summed E-state index contributed by atoms with van der Waals surface area (Å²) >= 11 is 0. The second kappa shape index (κ2) is 4.01. The van der Waals surface area contributed by atoms with E-state index < -0.39 is 12.2 Å². The third kappa shape index (κ3) is 2.13. The second-order valence-corrected chi connectivity index (χ2v) is 2.77. The van der Waals surface area contributed by atoms with Crippen LogP contribution < -0.4 is 0 Å². The number of hydrogen-bond acceptors (Lipinski definition) is 4. The maximum atomic E-state index is 9.23. The van der Waals surface area contributed by atoms with Gasteiger partial charge in [0.05, 0.1) is 25.4 Å². The van der Waals surface area contributed by atoms with Crippen LogP contribution in [0.4, 0.5) is 0 Å². The van der Waals surface area contributed by atoms with Crippen molar-refractivity contribution in [3.63, 3.8) is 0 Å². The van der Waals surface area contributed by atoms with E-state index in [0.29, 0.717) is 12.8 Å². The summed E-state index contributed by atoms with van der Waals surface area (Å²) in [6.07, 6.45) is -0.475. The quantitative estimate of drug-likeness (QED) is 0.491. The smallest absolute Gasteiger partial charge is 0.106 e. The normalized spacial score (nSPS) is 37.9. The Morgan fingerprint density at radius 2 is 2.00 bits per heavy atom. The number of rotatable bonds is 3. The molecule has 0 aromatic heterocycles. The van der Waals surface area contributed by atoms with Crippen molar-refractivity contribution in [2.24, 2.45) is 0 Å². The minimum atomic E-state index is -0.776. The molecule has 0 heterocycles. The zero-order chi connectivity index (χ0) is 8.27. The molecule has 1 aliphatic carbocycles.